The van der Waals surface area contributed by atoms with Gasteiger partial charge in [-0.2, -0.15) is 0 Å². The van der Waals surface area contributed by atoms with Crippen molar-refractivity contribution in [2.24, 2.45) is 0 Å². The number of hydrogen-bond acceptors (Lipinski definition) is 3. The maximum absolute atomic E-state index is 12.7. The molecular weight excluding hydrogens is 1030 g/mol. The van der Waals surface area contributed by atoms with Crippen molar-refractivity contribution in [3.05, 3.63) is 166 Å². The summed E-state index contributed by atoms with van der Waals surface area (Å²) in [5.41, 5.74) is 0.708. The van der Waals surface area contributed by atoms with Crippen LogP contribution in [-0.2, 0) is 42.7 Å². The molecule has 0 unspecified atom stereocenters. The molecule has 2 aromatic heterocycles. The number of para-hydroxylation sites is 1. The van der Waals surface area contributed by atoms with Crippen LogP contribution in [0, 0.1) is 12.9 Å². The second-order valence-electron chi connectivity index (χ2n) is 21.7. The Morgan fingerprint density at radius 3 is 1.86 bits per heavy atom. The monoisotopic (exact) mass is 1130 g/mol. The minimum Gasteiger partial charge on any atom is -0.507 e. The van der Waals surface area contributed by atoms with Crippen molar-refractivity contribution < 1.29 is 50.8 Å². The molecule has 4 nitrogen and oxygen atoms in total. The van der Waals surface area contributed by atoms with E-state index < -0.39 is 90.6 Å². The van der Waals surface area contributed by atoms with Crippen LogP contribution in [-0.4, -0.2) is 19.6 Å². The van der Waals surface area contributed by atoms with E-state index in [1.165, 1.54) is 18.3 Å². The van der Waals surface area contributed by atoms with Gasteiger partial charge in [0.25, 0.3) is 0 Å². The summed E-state index contributed by atoms with van der Waals surface area (Å²) < 4.78 is 159. The largest absolute Gasteiger partial charge is 0.507 e. The Bertz CT molecular complexity index is 3930. The van der Waals surface area contributed by atoms with Crippen molar-refractivity contribution in [2.75, 3.05) is 0 Å². The fraction of sp³-hybridized carbons (Fsp3) is 0.354. The molecule has 70 heavy (non-hydrogen) atoms. The van der Waals surface area contributed by atoms with Gasteiger partial charge in [0.15, 0.2) is 0 Å². The first kappa shape index (κ1) is 33.1. The Morgan fingerprint density at radius 1 is 0.629 bits per heavy atom. The van der Waals surface area contributed by atoms with Crippen LogP contribution in [0.3, 0.4) is 0 Å². The van der Waals surface area contributed by atoms with Crippen molar-refractivity contribution in [1.82, 2.24) is 14.5 Å². The summed E-state index contributed by atoms with van der Waals surface area (Å²) in [7, 11) is 0. The maximum Gasteiger partial charge on any atom is 0.148 e. The van der Waals surface area contributed by atoms with Gasteiger partial charge in [0.05, 0.1) is 27.8 Å². The average molecular weight is 1130 g/mol. The van der Waals surface area contributed by atoms with Gasteiger partial charge >= 0.3 is 0 Å². The van der Waals surface area contributed by atoms with Gasteiger partial charge in [0.2, 0.25) is 0 Å². The van der Waals surface area contributed by atoms with Gasteiger partial charge in [-0.15, -0.1) is 29.3 Å². The van der Waals surface area contributed by atoms with Gasteiger partial charge < -0.3 is 5.11 Å². The number of aryl methyl sites for hydroxylation is 1. The maximum atomic E-state index is 12.7. The summed E-state index contributed by atoms with van der Waals surface area (Å²) in [6.07, 6.45) is 1.37. The van der Waals surface area contributed by atoms with Crippen molar-refractivity contribution in [1.29, 1.82) is 0 Å². The molecular formula is C65H74N3OPt-. The first-order chi connectivity index (χ1) is 39.5. The molecule has 0 saturated carbocycles. The Morgan fingerprint density at radius 2 is 1.26 bits per heavy atom. The van der Waals surface area contributed by atoms with Crippen molar-refractivity contribution >= 4 is 11.0 Å². The van der Waals surface area contributed by atoms with Crippen LogP contribution in [0.4, 0.5) is 0 Å². The van der Waals surface area contributed by atoms with Crippen LogP contribution in [0.25, 0.3) is 72.7 Å². The predicted octanol–water partition coefficient (Wildman–Crippen LogP) is 18.0. The number of rotatable bonds is 8. The van der Waals surface area contributed by atoms with Gasteiger partial charge in [-0.1, -0.05) is 194 Å². The fourth-order valence-corrected chi connectivity index (χ4v) is 8.80. The Labute approximate surface area is 459 Å². The summed E-state index contributed by atoms with van der Waals surface area (Å²) in [5, 5.41) is 12.7. The zero-order valence-electron chi connectivity index (χ0n) is 60.3. The summed E-state index contributed by atoms with van der Waals surface area (Å²) in [6.45, 7) is 10.9. The van der Waals surface area contributed by atoms with Crippen LogP contribution in [0.5, 0.6) is 5.75 Å². The second kappa shape index (κ2) is 19.2. The number of aromatic nitrogens is 3. The van der Waals surface area contributed by atoms with E-state index in [-0.39, 0.29) is 60.7 Å². The second-order valence-corrected chi connectivity index (χ2v) is 21.7. The molecule has 8 rings (SSSR count). The van der Waals surface area contributed by atoms with E-state index in [9.17, 15) is 14.7 Å². The predicted molar refractivity (Wildman–Crippen MR) is 294 cm³/mol. The zero-order valence-corrected chi connectivity index (χ0v) is 44.6. The Kier molecular flexibility index (Phi) is 9.10. The van der Waals surface area contributed by atoms with Crippen molar-refractivity contribution in [2.45, 2.75) is 151 Å². The van der Waals surface area contributed by atoms with E-state index in [4.69, 9.17) is 20.1 Å². The number of imidazole rings is 1. The van der Waals surface area contributed by atoms with E-state index >= 15 is 0 Å². The molecule has 0 aliphatic rings. The minimum absolute atomic E-state index is 0. The van der Waals surface area contributed by atoms with Crippen LogP contribution >= 0.6 is 0 Å². The number of fused-ring (bicyclic) bond motifs is 1. The third-order valence-corrected chi connectivity index (χ3v) is 12.7. The molecule has 0 radical (unpaired) electrons. The normalized spacial score (nSPS) is 17.3. The Balaban J connectivity index is 0.0000110. The minimum atomic E-state index is -3.85. The molecule has 0 aliphatic heterocycles. The molecule has 1 N–H and O–H groups in total. The van der Waals surface area contributed by atoms with Gasteiger partial charge in [0.1, 0.15) is 11.6 Å². The molecule has 366 valence electrons. The molecule has 8 aromatic rings. The molecule has 0 saturated heterocycles. The van der Waals surface area contributed by atoms with E-state index in [0.717, 1.165) is 11.1 Å². The van der Waals surface area contributed by atoms with Crippen LogP contribution in [0.15, 0.2) is 121 Å². The van der Waals surface area contributed by atoms with Crippen LogP contribution in [0.1, 0.15) is 186 Å². The molecule has 0 aliphatic carbocycles. The molecule has 2 heterocycles. The molecule has 0 bridgehead atoms. The molecule has 5 heteroatoms. The van der Waals surface area contributed by atoms with Crippen molar-refractivity contribution in [3.8, 4) is 67.5 Å². The summed E-state index contributed by atoms with van der Waals surface area (Å²) in [5.74, 6) is -2.11. The SMILES string of the molecule is [2H]c1c([2H])c(C(C([2H])([2H])[2H])(C([2H])([2H])[2H])C([2H])([2H])[2H])c([2H])c([2H])c1-c1ccnc(-c2[c-]c(-c3cccc4c3nc(-c3cc(C(C)(C)C)cc(C(C)(C)C)c3O)n4-c3ccc(-c4c(C([2H])(C)C)cccc4C([2H])(C)C)cc3C([2H])([2H])[2H])cc(C(C)(C)C)c2)c1.[Pt]. The number of phenolic OH excluding ortho intramolecular Hbond substituents is 1. The van der Waals surface area contributed by atoms with Crippen molar-refractivity contribution in [3.63, 3.8) is 0 Å². The number of pyridine rings is 1. The number of hydrogen-bond donors (Lipinski definition) is 1. The number of phenols is 1. The summed E-state index contributed by atoms with van der Waals surface area (Å²) >= 11 is 0. The van der Waals surface area contributed by atoms with E-state index in [2.05, 4.69) is 31.8 Å². The molecule has 0 fully saturated rings. The first-order valence-corrected chi connectivity index (χ1v) is 23.3. The average Bonchev–Trinajstić information content (AvgIpc) is 0.780. The molecule has 0 amide bonds. The smallest absolute Gasteiger partial charge is 0.148 e. The molecule has 0 spiro atoms. The van der Waals surface area contributed by atoms with Gasteiger partial charge in [-0.25, -0.2) is 4.98 Å². The van der Waals surface area contributed by atoms with E-state index in [0.29, 0.717) is 61.1 Å². The van der Waals surface area contributed by atoms with Crippen LogP contribution in [0.2, 0.25) is 0 Å². The number of benzene rings is 6. The fourth-order valence-electron chi connectivity index (χ4n) is 8.80. The first-order valence-electron chi connectivity index (χ1n) is 32.3. The Hall–Kier alpha value is -5.57. The third-order valence-electron chi connectivity index (χ3n) is 12.7. The molecule has 6 aromatic carbocycles. The topological polar surface area (TPSA) is 50.9 Å². The zero-order chi connectivity index (χ0) is 65.4. The van der Waals surface area contributed by atoms with Gasteiger partial charge in [-0.05, 0) is 121 Å². The van der Waals surface area contributed by atoms with E-state index in [1.807, 2.05) is 102 Å². The number of nitrogens with zero attached hydrogens (tertiary/aromatic N) is 3. The molecule has 0 atom stereocenters. The third kappa shape index (κ3) is 10.3. The summed E-state index contributed by atoms with van der Waals surface area (Å²) in [4.78, 5) is 10.1. The van der Waals surface area contributed by atoms with Gasteiger partial charge in [0, 0.05) is 57.7 Å². The van der Waals surface area contributed by atoms with Gasteiger partial charge in [-0.3, -0.25) is 9.55 Å². The van der Waals surface area contributed by atoms with Crippen LogP contribution < -0.4 is 0 Å². The quantitative estimate of drug-likeness (QED) is 0.154. The van der Waals surface area contributed by atoms with E-state index in [1.54, 1.807) is 50.5 Å². The standard InChI is InChI=1S/C65H74N3O.Pt/c1-39(2)50-20-18-21-51(40(3)4)58(50)44-26-29-56(41(5)32-44)68-57-23-19-22-52(59(57)67-61(68)53-37-49(64(12,13)14)38-54(60(53)69)65(15,16)17)45-33-46(35-48(34-45)63(9,10)11)55-36-43(30-31-66-55)42-24-27-47(28-25-42)62(6,7)8;/h18-32,34-40,69H,1-17H3;/q-1;/i5D3,6D3,7D3,8D3,24D,25D,27D,28D,39D,40D;. The number of aromatic hydroxyl groups is 1. The summed E-state index contributed by atoms with van der Waals surface area (Å²) in [6, 6.07) is 26.2.